The zero-order valence-corrected chi connectivity index (χ0v) is 11.4. The van der Waals surface area contributed by atoms with E-state index in [1.807, 2.05) is 36.4 Å². The summed E-state index contributed by atoms with van der Waals surface area (Å²) < 4.78 is 0. The largest absolute Gasteiger partial charge is 0.508 e. The van der Waals surface area contributed by atoms with E-state index < -0.39 is 0 Å². The fourth-order valence-corrected chi connectivity index (χ4v) is 1.92. The fraction of sp³-hybridized carbons (Fsp3) is 0.188. The maximum absolute atomic E-state index is 11.5. The molecule has 0 aliphatic rings. The summed E-state index contributed by atoms with van der Waals surface area (Å²) in [5, 5.41) is 15.2. The van der Waals surface area contributed by atoms with Gasteiger partial charge in [0.1, 0.15) is 5.75 Å². The molecule has 104 valence electrons. The van der Waals surface area contributed by atoms with Gasteiger partial charge in [-0.1, -0.05) is 30.3 Å². The summed E-state index contributed by atoms with van der Waals surface area (Å²) in [6, 6.07) is 14.8. The van der Waals surface area contributed by atoms with Crippen molar-refractivity contribution in [3.8, 4) is 5.75 Å². The van der Waals surface area contributed by atoms with Crippen molar-refractivity contribution in [3.05, 3.63) is 59.7 Å². The predicted molar refractivity (Wildman–Crippen MR) is 79.6 cm³/mol. The van der Waals surface area contributed by atoms with Crippen LogP contribution in [0.4, 0.5) is 5.69 Å². The van der Waals surface area contributed by atoms with Gasteiger partial charge in [0, 0.05) is 19.3 Å². The molecule has 0 heterocycles. The smallest absolute Gasteiger partial charge is 0.224 e. The van der Waals surface area contributed by atoms with Crippen molar-refractivity contribution in [1.29, 1.82) is 0 Å². The first-order valence-corrected chi connectivity index (χ1v) is 6.49. The molecule has 0 bridgehead atoms. The number of aromatic hydroxyl groups is 1. The number of phenolic OH excluding ortho intramolecular Hbond substituents is 1. The second-order valence-electron chi connectivity index (χ2n) is 4.53. The van der Waals surface area contributed by atoms with Crippen LogP contribution in [0.5, 0.6) is 5.75 Å². The number of nitrogens with one attached hydrogen (secondary N) is 2. The van der Waals surface area contributed by atoms with E-state index in [1.165, 1.54) is 0 Å². The van der Waals surface area contributed by atoms with Crippen molar-refractivity contribution in [1.82, 2.24) is 5.32 Å². The van der Waals surface area contributed by atoms with Crippen molar-refractivity contribution in [2.45, 2.75) is 13.0 Å². The highest BCUT2D eigenvalue weighted by atomic mass is 16.3. The minimum atomic E-state index is -0.0103. The van der Waals surface area contributed by atoms with E-state index in [9.17, 15) is 9.90 Å². The third kappa shape index (κ3) is 3.75. The summed E-state index contributed by atoms with van der Waals surface area (Å²) in [6.45, 7) is 0.644. The summed E-state index contributed by atoms with van der Waals surface area (Å²) in [6.07, 6.45) is 0.356. The van der Waals surface area contributed by atoms with Crippen LogP contribution in [0.2, 0.25) is 0 Å². The second kappa shape index (κ2) is 6.61. The Kier molecular flexibility index (Phi) is 4.60. The Morgan fingerprint density at radius 2 is 1.80 bits per heavy atom. The minimum absolute atomic E-state index is 0.0103. The number of benzene rings is 2. The maximum Gasteiger partial charge on any atom is 0.224 e. The number of amides is 1. The minimum Gasteiger partial charge on any atom is -0.508 e. The molecule has 4 heteroatoms. The molecular formula is C16H18N2O2. The van der Waals surface area contributed by atoms with E-state index in [-0.39, 0.29) is 11.7 Å². The molecule has 3 N–H and O–H groups in total. The molecule has 0 spiro atoms. The van der Waals surface area contributed by atoms with Crippen LogP contribution in [0.3, 0.4) is 0 Å². The predicted octanol–water partition coefficient (Wildman–Crippen LogP) is 2.29. The quantitative estimate of drug-likeness (QED) is 0.781. The third-order valence-corrected chi connectivity index (χ3v) is 3.07. The van der Waals surface area contributed by atoms with Gasteiger partial charge in [-0.25, -0.2) is 0 Å². The van der Waals surface area contributed by atoms with Crippen LogP contribution in [0.25, 0.3) is 0 Å². The molecule has 1 amide bonds. The molecule has 2 aromatic carbocycles. The first kappa shape index (κ1) is 13.9. The number of carbonyl (C=O) groups excluding carboxylic acids is 1. The Balaban J connectivity index is 2.05. The van der Waals surface area contributed by atoms with Crippen LogP contribution >= 0.6 is 0 Å². The summed E-state index contributed by atoms with van der Waals surface area (Å²) in [5.74, 6) is 0.248. The Morgan fingerprint density at radius 3 is 2.50 bits per heavy atom. The Hall–Kier alpha value is -2.49. The van der Waals surface area contributed by atoms with Crippen molar-refractivity contribution < 1.29 is 9.90 Å². The lowest BCUT2D eigenvalue weighted by molar-refractivity contribution is -0.119. The topological polar surface area (TPSA) is 61.4 Å². The van der Waals surface area contributed by atoms with Crippen LogP contribution in [-0.4, -0.2) is 18.1 Å². The number of likely N-dealkylation sites (N-methyl/N-ethyl adjacent to an activating group) is 1. The second-order valence-corrected chi connectivity index (χ2v) is 4.53. The van der Waals surface area contributed by atoms with E-state index in [1.54, 1.807) is 19.2 Å². The molecule has 0 saturated heterocycles. The van der Waals surface area contributed by atoms with E-state index in [2.05, 4.69) is 10.6 Å². The molecule has 0 fully saturated rings. The Bertz CT molecular complexity index is 579. The van der Waals surface area contributed by atoms with Gasteiger partial charge in [-0.15, -0.1) is 0 Å². The Labute approximate surface area is 118 Å². The highest BCUT2D eigenvalue weighted by molar-refractivity contribution is 5.80. The average Bonchev–Trinajstić information content (AvgIpc) is 2.48. The summed E-state index contributed by atoms with van der Waals surface area (Å²) in [7, 11) is 1.63. The lowest BCUT2D eigenvalue weighted by atomic mass is 10.1. The van der Waals surface area contributed by atoms with Crippen LogP contribution in [0.1, 0.15) is 11.1 Å². The summed E-state index contributed by atoms with van der Waals surface area (Å²) >= 11 is 0. The number of anilines is 1. The van der Waals surface area contributed by atoms with Gasteiger partial charge in [-0.2, -0.15) is 0 Å². The monoisotopic (exact) mass is 270 g/mol. The number of hydrogen-bond acceptors (Lipinski definition) is 3. The number of para-hydroxylation sites is 1. The number of rotatable bonds is 5. The lowest BCUT2D eigenvalue weighted by Gasteiger charge is -2.11. The first-order chi connectivity index (χ1) is 9.69. The molecule has 0 aliphatic heterocycles. The lowest BCUT2D eigenvalue weighted by Crippen LogP contribution is -2.20. The fourth-order valence-electron chi connectivity index (χ4n) is 1.92. The van der Waals surface area contributed by atoms with Gasteiger partial charge in [0.25, 0.3) is 0 Å². The number of carbonyl (C=O) groups is 1. The molecule has 0 unspecified atom stereocenters. The summed E-state index contributed by atoms with van der Waals surface area (Å²) in [5.41, 5.74) is 2.98. The standard InChI is InChI=1S/C16H18N2O2/c1-17-16(20)10-13-4-2-3-5-15(13)18-11-12-6-8-14(19)9-7-12/h2-9,18-19H,10-11H2,1H3,(H,17,20). The van der Waals surface area contributed by atoms with Crippen LogP contribution in [0, 0.1) is 0 Å². The highest BCUT2D eigenvalue weighted by Crippen LogP contribution is 2.17. The average molecular weight is 270 g/mol. The van der Waals surface area contributed by atoms with Gasteiger partial charge in [-0.3, -0.25) is 4.79 Å². The van der Waals surface area contributed by atoms with Gasteiger partial charge in [0.15, 0.2) is 0 Å². The maximum atomic E-state index is 11.5. The zero-order valence-electron chi connectivity index (χ0n) is 11.4. The van der Waals surface area contributed by atoms with Gasteiger partial charge in [-0.05, 0) is 29.3 Å². The van der Waals surface area contributed by atoms with Gasteiger partial charge in [0.05, 0.1) is 6.42 Å². The molecule has 0 radical (unpaired) electrons. The summed E-state index contributed by atoms with van der Waals surface area (Å²) in [4.78, 5) is 11.5. The van der Waals surface area contributed by atoms with E-state index >= 15 is 0 Å². The molecule has 0 atom stereocenters. The normalized spacial score (nSPS) is 10.1. The number of phenols is 1. The molecule has 2 aromatic rings. The van der Waals surface area contributed by atoms with Crippen LogP contribution in [0.15, 0.2) is 48.5 Å². The molecule has 0 aliphatic carbocycles. The molecule has 4 nitrogen and oxygen atoms in total. The molecule has 0 saturated carbocycles. The first-order valence-electron chi connectivity index (χ1n) is 6.49. The van der Waals surface area contributed by atoms with E-state index in [4.69, 9.17) is 0 Å². The van der Waals surface area contributed by atoms with Crippen molar-refractivity contribution in [3.63, 3.8) is 0 Å². The van der Waals surface area contributed by atoms with Gasteiger partial charge in [0.2, 0.25) is 5.91 Å². The van der Waals surface area contributed by atoms with Crippen molar-refractivity contribution >= 4 is 11.6 Å². The van der Waals surface area contributed by atoms with Crippen LogP contribution in [-0.2, 0) is 17.8 Å². The molecular weight excluding hydrogens is 252 g/mol. The van der Waals surface area contributed by atoms with Crippen LogP contribution < -0.4 is 10.6 Å². The van der Waals surface area contributed by atoms with Gasteiger partial charge >= 0.3 is 0 Å². The van der Waals surface area contributed by atoms with E-state index in [0.717, 1.165) is 16.8 Å². The zero-order chi connectivity index (χ0) is 14.4. The molecule has 20 heavy (non-hydrogen) atoms. The van der Waals surface area contributed by atoms with Crippen molar-refractivity contribution in [2.75, 3.05) is 12.4 Å². The van der Waals surface area contributed by atoms with Crippen molar-refractivity contribution in [2.24, 2.45) is 0 Å². The Morgan fingerprint density at radius 1 is 1.10 bits per heavy atom. The van der Waals surface area contributed by atoms with E-state index in [0.29, 0.717) is 13.0 Å². The molecule has 0 aromatic heterocycles. The SMILES string of the molecule is CNC(=O)Cc1ccccc1NCc1ccc(O)cc1. The number of hydrogen-bond donors (Lipinski definition) is 3. The third-order valence-electron chi connectivity index (χ3n) is 3.07. The molecule has 2 rings (SSSR count). The van der Waals surface area contributed by atoms with Gasteiger partial charge < -0.3 is 15.7 Å². The highest BCUT2D eigenvalue weighted by Gasteiger charge is 2.06.